The fourth-order valence-corrected chi connectivity index (χ4v) is 3.49. The van der Waals surface area contributed by atoms with Crippen molar-refractivity contribution in [3.63, 3.8) is 0 Å². The third-order valence-electron chi connectivity index (χ3n) is 3.76. The molecule has 0 radical (unpaired) electrons. The Bertz CT molecular complexity index is 809. The van der Waals surface area contributed by atoms with Crippen LogP contribution in [0.1, 0.15) is 21.8 Å². The first-order valence-corrected chi connectivity index (χ1v) is 8.01. The molecule has 0 saturated carbocycles. The molecule has 0 amide bonds. The number of hydrogen-bond acceptors (Lipinski definition) is 5. The lowest BCUT2D eigenvalue weighted by molar-refractivity contribution is 0.414. The van der Waals surface area contributed by atoms with Gasteiger partial charge in [-0.25, -0.2) is 9.97 Å². The fourth-order valence-electron chi connectivity index (χ4n) is 2.41. The van der Waals surface area contributed by atoms with E-state index >= 15 is 0 Å². The van der Waals surface area contributed by atoms with Gasteiger partial charge < -0.3 is 10.1 Å². The highest BCUT2D eigenvalue weighted by molar-refractivity contribution is 7.18. The minimum absolute atomic E-state index is 0.726. The fraction of sp³-hybridized carbons (Fsp3) is 0.294. The molecule has 1 aromatic carbocycles. The summed E-state index contributed by atoms with van der Waals surface area (Å²) >= 11 is 1.73. The first-order chi connectivity index (χ1) is 10.6. The van der Waals surface area contributed by atoms with E-state index in [1.54, 1.807) is 18.4 Å². The zero-order valence-corrected chi connectivity index (χ0v) is 14.0. The first-order valence-electron chi connectivity index (χ1n) is 7.19. The van der Waals surface area contributed by atoms with E-state index in [-0.39, 0.29) is 0 Å². The molecule has 1 N–H and O–H groups in total. The van der Waals surface area contributed by atoms with Gasteiger partial charge in [0.1, 0.15) is 22.2 Å². The zero-order chi connectivity index (χ0) is 15.7. The lowest BCUT2D eigenvalue weighted by atomic mass is 10.2. The van der Waals surface area contributed by atoms with Gasteiger partial charge in [0.15, 0.2) is 0 Å². The minimum atomic E-state index is 0.726. The number of hydrogen-bond donors (Lipinski definition) is 1. The Hall–Kier alpha value is -2.14. The predicted molar refractivity (Wildman–Crippen MR) is 91.9 cm³/mol. The molecule has 0 aliphatic rings. The number of anilines is 1. The topological polar surface area (TPSA) is 47.0 Å². The lowest BCUT2D eigenvalue weighted by Gasteiger charge is -2.09. The van der Waals surface area contributed by atoms with Crippen LogP contribution in [0.3, 0.4) is 0 Å². The van der Waals surface area contributed by atoms with Crippen LogP contribution in [-0.4, -0.2) is 17.1 Å². The highest BCUT2D eigenvalue weighted by Crippen LogP contribution is 2.33. The van der Waals surface area contributed by atoms with Crippen LogP contribution in [0.4, 0.5) is 5.82 Å². The van der Waals surface area contributed by atoms with Crippen molar-refractivity contribution in [3.8, 4) is 5.75 Å². The van der Waals surface area contributed by atoms with Crippen LogP contribution in [-0.2, 0) is 6.54 Å². The molecule has 0 bridgehead atoms. The molecule has 2 heterocycles. The van der Waals surface area contributed by atoms with E-state index in [2.05, 4.69) is 41.3 Å². The highest BCUT2D eigenvalue weighted by Gasteiger charge is 2.13. The van der Waals surface area contributed by atoms with Gasteiger partial charge in [0.25, 0.3) is 0 Å². The van der Waals surface area contributed by atoms with Crippen LogP contribution < -0.4 is 10.1 Å². The van der Waals surface area contributed by atoms with Crippen molar-refractivity contribution in [1.29, 1.82) is 0 Å². The van der Waals surface area contributed by atoms with Gasteiger partial charge in [-0.15, -0.1) is 11.3 Å². The van der Waals surface area contributed by atoms with E-state index in [0.717, 1.165) is 34.2 Å². The Balaban J connectivity index is 1.89. The van der Waals surface area contributed by atoms with E-state index in [1.807, 2.05) is 19.1 Å². The summed E-state index contributed by atoms with van der Waals surface area (Å²) in [6.07, 6.45) is 0. The summed E-state index contributed by atoms with van der Waals surface area (Å²) in [6.45, 7) is 6.92. The molecular weight excluding hydrogens is 294 g/mol. The predicted octanol–water partition coefficient (Wildman–Crippen LogP) is 4.24. The molecule has 0 fully saturated rings. The molecule has 22 heavy (non-hydrogen) atoms. The van der Waals surface area contributed by atoms with Crippen LogP contribution in [0.25, 0.3) is 10.2 Å². The number of thiophene rings is 1. The van der Waals surface area contributed by atoms with Crippen molar-refractivity contribution in [2.45, 2.75) is 27.3 Å². The van der Waals surface area contributed by atoms with Gasteiger partial charge in [-0.2, -0.15) is 0 Å². The van der Waals surface area contributed by atoms with Crippen LogP contribution in [0, 0.1) is 20.8 Å². The third kappa shape index (κ3) is 2.76. The number of ether oxygens (including phenoxy) is 1. The Morgan fingerprint density at radius 1 is 1.09 bits per heavy atom. The molecule has 0 saturated heterocycles. The minimum Gasteiger partial charge on any atom is -0.497 e. The number of benzene rings is 1. The summed E-state index contributed by atoms with van der Waals surface area (Å²) in [5, 5.41) is 4.59. The van der Waals surface area contributed by atoms with Gasteiger partial charge in [-0.1, -0.05) is 12.1 Å². The zero-order valence-electron chi connectivity index (χ0n) is 13.2. The maximum Gasteiger partial charge on any atom is 0.139 e. The number of aromatic nitrogens is 2. The molecule has 0 spiro atoms. The summed E-state index contributed by atoms with van der Waals surface area (Å²) in [7, 11) is 1.68. The van der Waals surface area contributed by atoms with Gasteiger partial charge >= 0.3 is 0 Å². The summed E-state index contributed by atoms with van der Waals surface area (Å²) < 4.78 is 5.18. The van der Waals surface area contributed by atoms with Gasteiger partial charge in [-0.3, -0.25) is 0 Å². The summed E-state index contributed by atoms with van der Waals surface area (Å²) in [5.41, 5.74) is 2.45. The van der Waals surface area contributed by atoms with Gasteiger partial charge in [-0.05, 0) is 44.0 Å². The van der Waals surface area contributed by atoms with Crippen molar-refractivity contribution < 1.29 is 4.74 Å². The quantitative estimate of drug-likeness (QED) is 0.782. The van der Waals surface area contributed by atoms with E-state index in [0.29, 0.717) is 0 Å². The molecule has 0 unspecified atom stereocenters. The Labute approximate surface area is 134 Å². The van der Waals surface area contributed by atoms with Crippen LogP contribution in [0.2, 0.25) is 0 Å². The maximum atomic E-state index is 5.18. The van der Waals surface area contributed by atoms with E-state index in [9.17, 15) is 0 Å². The highest BCUT2D eigenvalue weighted by atomic mass is 32.1. The molecular formula is C17H19N3OS. The standard InChI is InChI=1S/C17H19N3OS/c1-10-11(2)22-17-15(10)16(19-12(3)20-17)18-9-13-5-7-14(21-4)8-6-13/h5-8H,9H2,1-4H3,(H,18,19,20). The van der Waals surface area contributed by atoms with Crippen molar-refractivity contribution in [1.82, 2.24) is 9.97 Å². The van der Waals surface area contributed by atoms with E-state index < -0.39 is 0 Å². The van der Waals surface area contributed by atoms with Gasteiger partial charge in [0.05, 0.1) is 12.5 Å². The SMILES string of the molecule is COc1ccc(CNc2nc(C)nc3sc(C)c(C)c23)cc1. The summed E-state index contributed by atoms with van der Waals surface area (Å²) in [4.78, 5) is 11.5. The molecule has 0 atom stereocenters. The number of aryl methyl sites for hydroxylation is 3. The molecule has 4 nitrogen and oxygen atoms in total. The second-order valence-electron chi connectivity index (χ2n) is 5.28. The number of nitrogens with zero attached hydrogens (tertiary/aromatic N) is 2. The van der Waals surface area contributed by atoms with Crippen molar-refractivity contribution in [3.05, 3.63) is 46.1 Å². The second kappa shape index (κ2) is 5.93. The summed E-state index contributed by atoms with van der Waals surface area (Å²) in [6, 6.07) is 8.06. The van der Waals surface area contributed by atoms with Crippen LogP contribution in [0.5, 0.6) is 5.75 Å². The third-order valence-corrected chi connectivity index (χ3v) is 4.86. The molecule has 3 rings (SSSR count). The molecule has 5 heteroatoms. The van der Waals surface area contributed by atoms with E-state index in [4.69, 9.17) is 4.74 Å². The number of fused-ring (bicyclic) bond motifs is 1. The monoisotopic (exact) mass is 313 g/mol. The largest absolute Gasteiger partial charge is 0.497 e. The number of methoxy groups -OCH3 is 1. The smallest absolute Gasteiger partial charge is 0.139 e. The number of nitrogens with one attached hydrogen (secondary N) is 1. The lowest BCUT2D eigenvalue weighted by Crippen LogP contribution is -2.04. The van der Waals surface area contributed by atoms with Crippen molar-refractivity contribution in [2.24, 2.45) is 0 Å². The van der Waals surface area contributed by atoms with E-state index in [1.165, 1.54) is 16.0 Å². The van der Waals surface area contributed by atoms with Gasteiger partial charge in [0, 0.05) is 11.4 Å². The molecule has 114 valence electrons. The molecule has 3 aromatic rings. The Morgan fingerprint density at radius 3 is 2.50 bits per heavy atom. The molecule has 2 aromatic heterocycles. The van der Waals surface area contributed by atoms with Crippen LogP contribution in [0.15, 0.2) is 24.3 Å². The normalized spacial score (nSPS) is 10.9. The Morgan fingerprint density at radius 2 is 1.82 bits per heavy atom. The maximum absolute atomic E-state index is 5.18. The van der Waals surface area contributed by atoms with Crippen molar-refractivity contribution in [2.75, 3.05) is 12.4 Å². The molecule has 0 aliphatic carbocycles. The Kier molecular flexibility index (Phi) is 3.98. The average molecular weight is 313 g/mol. The molecule has 0 aliphatic heterocycles. The van der Waals surface area contributed by atoms with Crippen molar-refractivity contribution >= 4 is 27.4 Å². The number of rotatable bonds is 4. The summed E-state index contributed by atoms with van der Waals surface area (Å²) in [5.74, 6) is 2.58. The average Bonchev–Trinajstić information content (AvgIpc) is 2.80. The first kappa shape index (κ1) is 14.8. The second-order valence-corrected chi connectivity index (χ2v) is 6.49. The van der Waals surface area contributed by atoms with Crippen LogP contribution >= 0.6 is 11.3 Å². The van der Waals surface area contributed by atoms with Gasteiger partial charge in [0.2, 0.25) is 0 Å².